The van der Waals surface area contributed by atoms with Gasteiger partial charge in [0.05, 0.1) is 31.6 Å². The minimum Gasteiger partial charge on any atom is -0.491 e. The van der Waals surface area contributed by atoms with Gasteiger partial charge in [-0.1, -0.05) is 0 Å². The number of hydrogen-bond donors (Lipinski definition) is 1. The number of nitrogens with zero attached hydrogens (tertiary/aromatic N) is 2. The van der Waals surface area contributed by atoms with Crippen LogP contribution in [0.15, 0.2) is 10.9 Å². The molecule has 1 aromatic rings. The summed E-state index contributed by atoms with van der Waals surface area (Å²) in [5.74, 6) is -0.215. The van der Waals surface area contributed by atoms with Gasteiger partial charge in [-0.15, -0.1) is 0 Å². The number of hydrogen-bond acceptors (Lipinski definition) is 5. The number of ether oxygens (including phenoxy) is 2. The first-order valence-electron chi connectivity index (χ1n) is 7.07. The molecule has 1 aromatic heterocycles. The van der Waals surface area contributed by atoms with E-state index in [1.807, 2.05) is 0 Å². The van der Waals surface area contributed by atoms with E-state index < -0.39 is 6.10 Å². The maximum atomic E-state index is 12.7. The number of carbonyl (C=O) groups is 1. The van der Waals surface area contributed by atoms with Crippen molar-refractivity contribution in [3.63, 3.8) is 0 Å². The highest BCUT2D eigenvalue weighted by Crippen LogP contribution is 2.44. The summed E-state index contributed by atoms with van der Waals surface area (Å²) in [6, 6.07) is 1.19. The zero-order chi connectivity index (χ0) is 14.7. The third-order valence-electron chi connectivity index (χ3n) is 4.51. The van der Waals surface area contributed by atoms with Crippen LogP contribution in [0.3, 0.4) is 0 Å². The van der Waals surface area contributed by atoms with Gasteiger partial charge in [-0.2, -0.15) is 0 Å². The fraction of sp³-hybridized carbons (Fsp3) is 0.571. The van der Waals surface area contributed by atoms with Crippen molar-refractivity contribution in [3.8, 4) is 5.75 Å². The van der Waals surface area contributed by atoms with E-state index in [9.17, 15) is 14.7 Å². The van der Waals surface area contributed by atoms with E-state index >= 15 is 0 Å². The maximum Gasteiger partial charge on any atom is 0.276 e. The second kappa shape index (κ2) is 4.32. The third-order valence-corrected chi connectivity index (χ3v) is 4.51. The Labute approximate surface area is 120 Å². The number of carbonyl (C=O) groups excluding carboxylic acids is 1. The molecule has 3 aliphatic heterocycles. The maximum absolute atomic E-state index is 12.7. The van der Waals surface area contributed by atoms with Gasteiger partial charge in [0.2, 0.25) is 5.43 Å². The molecule has 112 valence electrons. The Morgan fingerprint density at radius 2 is 2.24 bits per heavy atom. The number of aliphatic hydroxyl groups is 1. The van der Waals surface area contributed by atoms with Crippen LogP contribution in [0.4, 0.5) is 0 Å². The molecule has 0 saturated carbocycles. The van der Waals surface area contributed by atoms with Crippen LogP contribution in [-0.4, -0.2) is 47.0 Å². The summed E-state index contributed by atoms with van der Waals surface area (Å²) in [6.07, 6.45) is 0.0742. The fourth-order valence-corrected chi connectivity index (χ4v) is 3.66. The van der Waals surface area contributed by atoms with Gasteiger partial charge in [0, 0.05) is 19.0 Å². The normalized spacial score (nSPS) is 30.1. The summed E-state index contributed by atoms with van der Waals surface area (Å²) in [5.41, 5.74) is 0.342. The molecule has 4 rings (SSSR count). The molecule has 0 spiro atoms. The van der Waals surface area contributed by atoms with E-state index in [1.54, 1.807) is 9.47 Å². The fourth-order valence-electron chi connectivity index (χ4n) is 3.66. The average molecular weight is 292 g/mol. The first kappa shape index (κ1) is 12.8. The second-order valence-electron chi connectivity index (χ2n) is 5.62. The van der Waals surface area contributed by atoms with Gasteiger partial charge in [0.1, 0.15) is 0 Å². The molecular weight excluding hydrogens is 276 g/mol. The van der Waals surface area contributed by atoms with Crippen LogP contribution >= 0.6 is 0 Å². The van der Waals surface area contributed by atoms with Crippen molar-refractivity contribution in [3.05, 3.63) is 27.7 Å². The first-order valence-corrected chi connectivity index (χ1v) is 7.07. The molecule has 0 bridgehead atoms. The SMILES string of the molecule is COc1c2n3c(cc1=O)C(O)CC3C1OCCCN1C2=O. The van der Waals surface area contributed by atoms with Crippen LogP contribution in [0.1, 0.15) is 41.2 Å². The van der Waals surface area contributed by atoms with Crippen molar-refractivity contribution < 1.29 is 19.4 Å². The lowest BCUT2D eigenvalue weighted by Crippen LogP contribution is -2.55. The average Bonchev–Trinajstić information content (AvgIpc) is 2.81. The van der Waals surface area contributed by atoms with E-state index in [2.05, 4.69) is 0 Å². The second-order valence-corrected chi connectivity index (χ2v) is 5.62. The minimum absolute atomic E-state index is 0.0480. The quantitative estimate of drug-likeness (QED) is 0.790. The Bertz CT molecular complexity index is 683. The van der Waals surface area contributed by atoms with E-state index in [0.717, 1.165) is 6.42 Å². The molecule has 0 aromatic carbocycles. The number of fused-ring (bicyclic) bond motifs is 2. The summed E-state index contributed by atoms with van der Waals surface area (Å²) in [7, 11) is 1.38. The summed E-state index contributed by atoms with van der Waals surface area (Å²) < 4.78 is 12.6. The van der Waals surface area contributed by atoms with Crippen molar-refractivity contribution >= 4 is 5.91 Å². The summed E-state index contributed by atoms with van der Waals surface area (Å²) in [4.78, 5) is 26.5. The lowest BCUT2D eigenvalue weighted by molar-refractivity contribution is -0.111. The topological polar surface area (TPSA) is 81.0 Å². The van der Waals surface area contributed by atoms with E-state index in [0.29, 0.717) is 25.3 Å². The standard InChI is InChI=1S/C14H16N2O5/c1-20-12-10(18)5-7-9(17)6-8-14-15(3-2-4-21-14)13(19)11(12)16(7)8/h5,8-9,14,17H,2-4,6H2,1H3. The smallest absolute Gasteiger partial charge is 0.276 e. The highest BCUT2D eigenvalue weighted by Gasteiger charge is 2.48. The molecule has 3 unspecified atom stereocenters. The zero-order valence-corrected chi connectivity index (χ0v) is 11.6. The summed E-state index contributed by atoms with van der Waals surface area (Å²) in [6.45, 7) is 1.20. The molecule has 4 heterocycles. The largest absolute Gasteiger partial charge is 0.491 e. The molecule has 0 radical (unpaired) electrons. The van der Waals surface area contributed by atoms with E-state index in [1.165, 1.54) is 13.2 Å². The van der Waals surface area contributed by atoms with Crippen molar-refractivity contribution in [2.45, 2.75) is 31.2 Å². The Morgan fingerprint density at radius 1 is 1.43 bits per heavy atom. The Hall–Kier alpha value is -1.86. The van der Waals surface area contributed by atoms with Crippen LogP contribution < -0.4 is 10.2 Å². The van der Waals surface area contributed by atoms with Crippen LogP contribution in [0.5, 0.6) is 5.75 Å². The molecule has 0 aliphatic carbocycles. The molecule has 1 N–H and O–H groups in total. The molecule has 3 aliphatic rings. The number of methoxy groups -OCH3 is 1. The lowest BCUT2D eigenvalue weighted by Gasteiger charge is -2.44. The van der Waals surface area contributed by atoms with E-state index in [-0.39, 0.29) is 35.0 Å². The molecular formula is C14H16N2O5. The van der Waals surface area contributed by atoms with Gasteiger partial charge in [-0.05, 0) is 6.42 Å². The van der Waals surface area contributed by atoms with Gasteiger partial charge in [0.15, 0.2) is 17.7 Å². The molecule has 21 heavy (non-hydrogen) atoms. The number of aromatic nitrogens is 1. The molecule has 1 amide bonds. The van der Waals surface area contributed by atoms with Crippen LogP contribution in [-0.2, 0) is 4.74 Å². The van der Waals surface area contributed by atoms with Crippen LogP contribution in [0, 0.1) is 0 Å². The van der Waals surface area contributed by atoms with Gasteiger partial charge >= 0.3 is 0 Å². The predicted octanol–water partition coefficient (Wildman–Crippen LogP) is 0.0373. The Balaban J connectivity index is 2.00. The van der Waals surface area contributed by atoms with Gasteiger partial charge < -0.3 is 24.0 Å². The van der Waals surface area contributed by atoms with Crippen molar-refractivity contribution in [1.82, 2.24) is 9.47 Å². The van der Waals surface area contributed by atoms with E-state index in [4.69, 9.17) is 9.47 Å². The lowest BCUT2D eigenvalue weighted by atomic mass is 10.1. The minimum atomic E-state index is -0.759. The number of amides is 1. The zero-order valence-electron chi connectivity index (χ0n) is 11.6. The Kier molecular flexibility index (Phi) is 2.64. The molecule has 3 atom stereocenters. The van der Waals surface area contributed by atoms with Crippen molar-refractivity contribution in [2.75, 3.05) is 20.3 Å². The molecule has 7 nitrogen and oxygen atoms in total. The number of rotatable bonds is 1. The highest BCUT2D eigenvalue weighted by atomic mass is 16.5. The van der Waals surface area contributed by atoms with Gasteiger partial charge in [-0.3, -0.25) is 9.59 Å². The molecule has 7 heteroatoms. The number of pyridine rings is 1. The highest BCUT2D eigenvalue weighted by molar-refractivity contribution is 5.96. The summed E-state index contributed by atoms with van der Waals surface area (Å²) in [5, 5.41) is 10.2. The monoisotopic (exact) mass is 292 g/mol. The van der Waals surface area contributed by atoms with Gasteiger partial charge in [-0.25, -0.2) is 0 Å². The van der Waals surface area contributed by atoms with Crippen LogP contribution in [0.25, 0.3) is 0 Å². The number of aliphatic hydroxyl groups excluding tert-OH is 1. The van der Waals surface area contributed by atoms with Crippen LogP contribution in [0.2, 0.25) is 0 Å². The molecule has 1 saturated heterocycles. The van der Waals surface area contributed by atoms with Crippen molar-refractivity contribution in [1.29, 1.82) is 0 Å². The molecule has 1 fully saturated rings. The van der Waals surface area contributed by atoms with Gasteiger partial charge in [0.25, 0.3) is 5.91 Å². The predicted molar refractivity (Wildman–Crippen MR) is 71.3 cm³/mol. The summed E-state index contributed by atoms with van der Waals surface area (Å²) >= 11 is 0. The van der Waals surface area contributed by atoms with Crippen molar-refractivity contribution in [2.24, 2.45) is 0 Å². The first-order chi connectivity index (χ1) is 10.1. The third kappa shape index (κ3) is 1.55. The Morgan fingerprint density at radius 3 is 3.00 bits per heavy atom.